The third kappa shape index (κ3) is 25.4. The van der Waals surface area contributed by atoms with Crippen LogP contribution in [0.1, 0.15) is 52.0 Å². The van der Waals surface area contributed by atoms with Crippen molar-refractivity contribution in [1.82, 2.24) is 10.6 Å². The van der Waals surface area contributed by atoms with Crippen molar-refractivity contribution < 1.29 is 77.4 Å². The Morgan fingerprint density at radius 1 is 0.758 bits per heavy atom. The quantitative estimate of drug-likeness (QED) is 0.0220. The Morgan fingerprint density at radius 3 is 1.87 bits per heavy atom. The van der Waals surface area contributed by atoms with E-state index in [1.807, 2.05) is 0 Å². The van der Waals surface area contributed by atoms with E-state index in [4.69, 9.17) is 48.2 Å². The molecule has 354 valence electrons. The molecule has 0 aromatic heterocycles. The molecule has 7 N–H and O–H groups in total. The number of amides is 3. The minimum atomic E-state index is -1.52. The molecule has 22 nitrogen and oxygen atoms in total. The van der Waals surface area contributed by atoms with Gasteiger partial charge in [-0.1, -0.05) is 23.7 Å². The van der Waals surface area contributed by atoms with Crippen LogP contribution in [0.3, 0.4) is 0 Å². The van der Waals surface area contributed by atoms with Crippen molar-refractivity contribution in [2.45, 2.75) is 95.2 Å². The van der Waals surface area contributed by atoms with Gasteiger partial charge in [0.15, 0.2) is 6.29 Å². The second-order valence-electron chi connectivity index (χ2n) is 14.9. The first-order chi connectivity index (χ1) is 29.8. The van der Waals surface area contributed by atoms with Crippen LogP contribution < -0.4 is 16.0 Å². The Labute approximate surface area is 362 Å². The predicted octanol–water partition coefficient (Wildman–Crippen LogP) is 0.964. The van der Waals surface area contributed by atoms with Gasteiger partial charge in [0, 0.05) is 30.1 Å². The average Bonchev–Trinajstić information content (AvgIpc) is 3.23. The van der Waals surface area contributed by atoms with Gasteiger partial charge in [0.25, 0.3) is 0 Å². The Balaban J connectivity index is 1.39. The number of azide groups is 1. The van der Waals surface area contributed by atoms with Crippen molar-refractivity contribution in [1.29, 1.82) is 0 Å². The van der Waals surface area contributed by atoms with Gasteiger partial charge in [0.05, 0.1) is 92.5 Å². The largest absolute Gasteiger partial charge is 0.444 e. The summed E-state index contributed by atoms with van der Waals surface area (Å²) in [5, 5.41) is 51.0. The van der Waals surface area contributed by atoms with Crippen molar-refractivity contribution in [3.8, 4) is 0 Å². The third-order valence-electron chi connectivity index (χ3n) is 8.71. The summed E-state index contributed by atoms with van der Waals surface area (Å²) >= 11 is 0. The Bertz CT molecular complexity index is 1420. The zero-order valence-electron chi connectivity index (χ0n) is 36.2. The number of carbonyl (C=O) groups excluding carboxylic acids is 3. The summed E-state index contributed by atoms with van der Waals surface area (Å²) in [6.07, 6.45) is -5.26. The summed E-state index contributed by atoms with van der Waals surface area (Å²) in [5.41, 5.74) is 9.78. The van der Waals surface area contributed by atoms with E-state index in [2.05, 4.69) is 26.0 Å². The molecule has 1 heterocycles. The number of nitrogens with one attached hydrogen (secondary N) is 3. The summed E-state index contributed by atoms with van der Waals surface area (Å²) in [7, 11) is 0. The van der Waals surface area contributed by atoms with Crippen LogP contribution in [0.25, 0.3) is 10.4 Å². The smallest absolute Gasteiger partial charge is 0.407 e. The van der Waals surface area contributed by atoms with E-state index in [1.54, 1.807) is 45.0 Å². The van der Waals surface area contributed by atoms with E-state index in [0.717, 1.165) is 5.56 Å². The molecule has 1 aliphatic rings. The van der Waals surface area contributed by atoms with E-state index in [1.165, 1.54) is 0 Å². The van der Waals surface area contributed by atoms with Crippen molar-refractivity contribution >= 4 is 23.6 Å². The normalized spacial score (nSPS) is 19.3. The van der Waals surface area contributed by atoms with E-state index >= 15 is 0 Å². The minimum absolute atomic E-state index is 0.105. The third-order valence-corrected chi connectivity index (χ3v) is 8.71. The molecule has 0 saturated carbocycles. The summed E-state index contributed by atoms with van der Waals surface area (Å²) in [4.78, 5) is 39.3. The molecule has 0 aliphatic carbocycles. The highest BCUT2D eigenvalue weighted by Gasteiger charge is 2.44. The molecule has 1 aliphatic heterocycles. The van der Waals surface area contributed by atoms with Gasteiger partial charge in [-0.15, -0.1) is 0 Å². The molecule has 22 heteroatoms. The van der Waals surface area contributed by atoms with Crippen LogP contribution in [-0.2, 0) is 58.6 Å². The molecule has 3 amide bonds. The number of unbranched alkanes of at least 4 members (excludes halogenated alkanes) is 1. The van der Waals surface area contributed by atoms with Crippen LogP contribution in [-0.4, -0.2) is 186 Å². The molecule has 6 atom stereocenters. The lowest BCUT2D eigenvalue weighted by Crippen LogP contribution is -2.59. The average molecular weight is 889 g/mol. The molecule has 1 fully saturated rings. The molecule has 0 spiro atoms. The first kappa shape index (κ1) is 54.4. The number of ether oxygens (including phenoxy) is 9. The molecule has 1 aromatic rings. The number of alkyl carbamates (subject to hydrolysis) is 1. The highest BCUT2D eigenvalue weighted by Crippen LogP contribution is 2.22. The molecular formula is C40H68N6O16. The van der Waals surface area contributed by atoms with Gasteiger partial charge >= 0.3 is 6.09 Å². The molecule has 62 heavy (non-hydrogen) atoms. The van der Waals surface area contributed by atoms with Crippen molar-refractivity contribution in [3.05, 3.63) is 40.3 Å². The number of benzene rings is 1. The molecular weight excluding hydrogens is 820 g/mol. The number of aliphatic hydroxyl groups excluding tert-OH is 4. The van der Waals surface area contributed by atoms with Gasteiger partial charge in [-0.3, -0.25) is 9.59 Å². The summed E-state index contributed by atoms with van der Waals surface area (Å²) < 4.78 is 48.6. The Hall–Kier alpha value is -3.74. The number of carbonyl (C=O) groups is 3. The highest BCUT2D eigenvalue weighted by atomic mass is 16.7. The summed E-state index contributed by atoms with van der Waals surface area (Å²) in [5.74, 6) is -0.636. The number of nitrogens with zero attached hydrogens (tertiary/aromatic N) is 3. The van der Waals surface area contributed by atoms with E-state index in [9.17, 15) is 34.8 Å². The maximum Gasteiger partial charge on any atom is 0.407 e. The van der Waals surface area contributed by atoms with Crippen molar-refractivity contribution in [3.63, 3.8) is 0 Å². The fourth-order valence-electron chi connectivity index (χ4n) is 5.47. The first-order valence-electron chi connectivity index (χ1n) is 20.9. The second kappa shape index (κ2) is 32.9. The fourth-order valence-corrected chi connectivity index (χ4v) is 5.47. The summed E-state index contributed by atoms with van der Waals surface area (Å²) in [6, 6.07) is 5.93. The van der Waals surface area contributed by atoms with Crippen LogP contribution in [0.2, 0.25) is 0 Å². The number of hydrogen-bond donors (Lipinski definition) is 7. The lowest BCUT2D eigenvalue weighted by molar-refractivity contribution is -0.300. The minimum Gasteiger partial charge on any atom is -0.444 e. The lowest BCUT2D eigenvalue weighted by atomic mass is 9.99. The van der Waals surface area contributed by atoms with Gasteiger partial charge in [0.2, 0.25) is 11.8 Å². The van der Waals surface area contributed by atoms with Crippen molar-refractivity contribution in [2.24, 2.45) is 5.11 Å². The van der Waals surface area contributed by atoms with Crippen molar-refractivity contribution in [2.75, 3.05) is 111 Å². The highest BCUT2D eigenvalue weighted by molar-refractivity contribution is 5.94. The van der Waals surface area contributed by atoms with Gasteiger partial charge in [-0.25, -0.2) is 4.79 Å². The second-order valence-corrected chi connectivity index (χ2v) is 14.9. The van der Waals surface area contributed by atoms with Crippen LogP contribution in [0, 0.1) is 0 Å². The zero-order valence-corrected chi connectivity index (χ0v) is 36.2. The Morgan fingerprint density at radius 2 is 1.32 bits per heavy atom. The van der Waals surface area contributed by atoms with Gasteiger partial charge in [0.1, 0.15) is 36.1 Å². The van der Waals surface area contributed by atoms with Gasteiger partial charge < -0.3 is 79.0 Å². The van der Waals surface area contributed by atoms with Gasteiger partial charge in [-0.05, 0) is 63.3 Å². The topological polar surface area (TPSA) is 300 Å². The molecule has 2 rings (SSSR count). The van der Waals surface area contributed by atoms with E-state index in [0.29, 0.717) is 111 Å². The number of rotatable bonds is 34. The van der Waals surface area contributed by atoms with E-state index < -0.39 is 61.0 Å². The number of aliphatic hydroxyl groups is 4. The molecule has 0 bridgehead atoms. The maximum absolute atomic E-state index is 12.8. The molecule has 1 aromatic carbocycles. The predicted molar refractivity (Wildman–Crippen MR) is 222 cm³/mol. The monoisotopic (exact) mass is 888 g/mol. The van der Waals surface area contributed by atoms with Crippen LogP contribution in [0.4, 0.5) is 10.5 Å². The van der Waals surface area contributed by atoms with Crippen LogP contribution >= 0.6 is 0 Å². The first-order valence-corrected chi connectivity index (χ1v) is 20.9. The Kier molecular flexibility index (Phi) is 28.8. The maximum atomic E-state index is 12.8. The molecule has 0 radical (unpaired) electrons. The number of anilines is 1. The number of hydrogen-bond acceptors (Lipinski definition) is 17. The summed E-state index contributed by atoms with van der Waals surface area (Å²) in [6.45, 7) is 10.3. The standard InChI is InChI=1S/C40H68N6O16/c1-40(2,3)62-39(53)43-14-17-55-19-21-57-23-25-59-27-26-58-24-22-56-20-18-54-15-12-33(48)42-13-5-4-6-31(45-46-41)37(52)44-30-9-7-29(8-10-30)11-16-60-38-36(51)35(50)34(49)32(28-47)61-38/h7-10,31-32,34-36,38,47,49-51H,4-6,11-28H2,1-3H3,(H,42,48)(H,43,53)(H,44,52)/t31-,32+,34+,35-,36+,38+/m0/s1. The lowest BCUT2D eigenvalue weighted by Gasteiger charge is -2.39. The molecule has 0 unspecified atom stereocenters. The van der Waals surface area contributed by atoms with Gasteiger partial charge in [-0.2, -0.15) is 0 Å². The van der Waals surface area contributed by atoms with E-state index in [-0.39, 0.29) is 32.0 Å². The van der Waals surface area contributed by atoms with Crippen LogP contribution in [0.5, 0.6) is 0 Å². The zero-order chi connectivity index (χ0) is 45.4. The SMILES string of the molecule is CC(C)(C)OC(=O)NCCOCCOCCOCCOCCOCCOCCC(=O)NCCCC[C@H](N=[N+]=[N-])C(=O)Nc1ccc(CCO[C@@H]2O[C@H](CO)[C@@H](O)[C@H](O)[C@H]2O)cc1. The molecule has 1 saturated heterocycles. The van der Waals surface area contributed by atoms with Crippen LogP contribution in [0.15, 0.2) is 29.4 Å². The fraction of sp³-hybridized carbons (Fsp3) is 0.775.